The summed E-state index contributed by atoms with van der Waals surface area (Å²) in [4.78, 5) is 14.4. The van der Waals surface area contributed by atoms with Crippen molar-refractivity contribution in [2.75, 3.05) is 0 Å². The van der Waals surface area contributed by atoms with Crippen LogP contribution in [0.25, 0.3) is 10.8 Å². The van der Waals surface area contributed by atoms with Gasteiger partial charge in [0, 0.05) is 17.6 Å². The van der Waals surface area contributed by atoms with Gasteiger partial charge in [0.2, 0.25) is 0 Å². The SMILES string of the molecule is O=C(O)c1cc(-c2nccs2)on1. The van der Waals surface area contributed by atoms with Gasteiger partial charge >= 0.3 is 5.97 Å². The van der Waals surface area contributed by atoms with E-state index in [1.807, 2.05) is 0 Å². The molecular weight excluding hydrogens is 192 g/mol. The van der Waals surface area contributed by atoms with Crippen LogP contribution in [0.2, 0.25) is 0 Å². The van der Waals surface area contributed by atoms with E-state index in [4.69, 9.17) is 9.63 Å². The van der Waals surface area contributed by atoms with Gasteiger partial charge in [-0.2, -0.15) is 0 Å². The maximum Gasteiger partial charge on any atom is 0.358 e. The highest BCUT2D eigenvalue weighted by Crippen LogP contribution is 2.21. The summed E-state index contributed by atoms with van der Waals surface area (Å²) in [6.07, 6.45) is 1.61. The van der Waals surface area contributed by atoms with Gasteiger partial charge < -0.3 is 9.63 Å². The zero-order valence-electron chi connectivity index (χ0n) is 6.30. The molecule has 0 saturated heterocycles. The second-order valence-electron chi connectivity index (χ2n) is 2.22. The van der Waals surface area contributed by atoms with Gasteiger partial charge in [-0.3, -0.25) is 0 Å². The van der Waals surface area contributed by atoms with Crippen molar-refractivity contribution in [3.8, 4) is 10.8 Å². The molecule has 2 heterocycles. The Labute approximate surface area is 76.6 Å². The zero-order chi connectivity index (χ0) is 9.26. The number of thiazole rings is 1. The first-order valence-corrected chi connectivity index (χ1v) is 4.25. The summed E-state index contributed by atoms with van der Waals surface area (Å²) in [6.45, 7) is 0. The number of carbonyl (C=O) groups is 1. The first-order valence-electron chi connectivity index (χ1n) is 3.37. The molecule has 0 spiro atoms. The van der Waals surface area contributed by atoms with E-state index in [1.54, 1.807) is 11.6 Å². The van der Waals surface area contributed by atoms with E-state index in [1.165, 1.54) is 17.4 Å². The summed E-state index contributed by atoms with van der Waals surface area (Å²) in [5.74, 6) is -0.723. The highest BCUT2D eigenvalue weighted by molar-refractivity contribution is 7.13. The Morgan fingerprint density at radius 1 is 1.62 bits per heavy atom. The summed E-state index contributed by atoms with van der Waals surface area (Å²) in [7, 11) is 0. The third-order valence-electron chi connectivity index (χ3n) is 1.37. The van der Waals surface area contributed by atoms with Crippen LogP contribution in [0.4, 0.5) is 0 Å². The molecule has 1 N–H and O–H groups in total. The molecule has 0 unspecified atom stereocenters. The summed E-state index contributed by atoms with van der Waals surface area (Å²) in [5.41, 5.74) is -0.106. The molecule has 0 aliphatic rings. The fourth-order valence-electron chi connectivity index (χ4n) is 0.822. The van der Waals surface area contributed by atoms with Crippen molar-refractivity contribution < 1.29 is 14.4 Å². The van der Waals surface area contributed by atoms with E-state index in [2.05, 4.69) is 10.1 Å². The topological polar surface area (TPSA) is 76.2 Å². The quantitative estimate of drug-likeness (QED) is 0.787. The van der Waals surface area contributed by atoms with E-state index in [9.17, 15) is 4.79 Å². The first-order chi connectivity index (χ1) is 6.27. The minimum atomic E-state index is -1.11. The molecule has 5 nitrogen and oxygen atoms in total. The number of carboxylic acid groups (broad SMARTS) is 1. The lowest BCUT2D eigenvalue weighted by Gasteiger charge is -1.81. The number of hydrogen-bond acceptors (Lipinski definition) is 5. The predicted molar refractivity (Wildman–Crippen MR) is 44.6 cm³/mol. The van der Waals surface area contributed by atoms with Crippen LogP contribution in [0.1, 0.15) is 10.5 Å². The fourth-order valence-corrected chi connectivity index (χ4v) is 1.41. The molecule has 0 bridgehead atoms. The van der Waals surface area contributed by atoms with Crippen LogP contribution in [0.3, 0.4) is 0 Å². The standard InChI is InChI=1S/C7H4N2O3S/c10-7(11)4-3-5(12-9-4)6-8-1-2-13-6/h1-3H,(H,10,11). The number of aromatic carboxylic acids is 1. The summed E-state index contributed by atoms with van der Waals surface area (Å²) in [6, 6.07) is 1.35. The summed E-state index contributed by atoms with van der Waals surface area (Å²) in [5, 5.41) is 14.3. The van der Waals surface area contributed by atoms with Gasteiger partial charge in [0.15, 0.2) is 16.5 Å². The Morgan fingerprint density at radius 3 is 3.00 bits per heavy atom. The van der Waals surface area contributed by atoms with Crippen LogP contribution >= 0.6 is 11.3 Å². The number of hydrogen-bond donors (Lipinski definition) is 1. The fraction of sp³-hybridized carbons (Fsp3) is 0. The largest absolute Gasteiger partial charge is 0.476 e. The number of carboxylic acids is 1. The van der Waals surface area contributed by atoms with Crippen LogP contribution in [0.15, 0.2) is 22.2 Å². The number of nitrogens with zero attached hydrogens (tertiary/aromatic N) is 2. The molecule has 6 heteroatoms. The Morgan fingerprint density at radius 2 is 2.46 bits per heavy atom. The van der Waals surface area contributed by atoms with Crippen molar-refractivity contribution in [3.05, 3.63) is 23.3 Å². The third kappa shape index (κ3) is 1.43. The predicted octanol–water partition coefficient (Wildman–Crippen LogP) is 1.50. The number of rotatable bonds is 2. The van der Waals surface area contributed by atoms with Crippen molar-refractivity contribution in [1.82, 2.24) is 10.1 Å². The minimum absolute atomic E-state index is 0.106. The van der Waals surface area contributed by atoms with Gasteiger partial charge in [0.05, 0.1) is 0 Å². The molecule has 0 saturated carbocycles. The molecule has 0 atom stereocenters. The molecule has 0 fully saturated rings. The van der Waals surface area contributed by atoms with E-state index in [-0.39, 0.29) is 5.69 Å². The van der Waals surface area contributed by atoms with Crippen molar-refractivity contribution in [3.63, 3.8) is 0 Å². The van der Waals surface area contributed by atoms with E-state index in [0.717, 1.165) is 0 Å². The van der Waals surface area contributed by atoms with Gasteiger partial charge in [-0.25, -0.2) is 9.78 Å². The average molecular weight is 196 g/mol. The summed E-state index contributed by atoms with van der Waals surface area (Å²) >= 11 is 1.36. The lowest BCUT2D eigenvalue weighted by atomic mass is 10.4. The van der Waals surface area contributed by atoms with E-state index in [0.29, 0.717) is 10.8 Å². The van der Waals surface area contributed by atoms with Crippen LogP contribution in [0.5, 0.6) is 0 Å². The molecule has 0 radical (unpaired) electrons. The lowest BCUT2D eigenvalue weighted by Crippen LogP contribution is -1.94. The second kappa shape index (κ2) is 2.98. The second-order valence-corrected chi connectivity index (χ2v) is 3.11. The van der Waals surface area contributed by atoms with Crippen molar-refractivity contribution >= 4 is 17.3 Å². The van der Waals surface area contributed by atoms with Crippen molar-refractivity contribution in [2.45, 2.75) is 0 Å². The molecule has 0 aliphatic heterocycles. The molecule has 0 aromatic carbocycles. The Balaban J connectivity index is 2.39. The Bertz CT molecular complexity index is 421. The lowest BCUT2D eigenvalue weighted by molar-refractivity contribution is 0.0686. The normalized spacial score (nSPS) is 10.2. The summed E-state index contributed by atoms with van der Waals surface area (Å²) < 4.78 is 4.79. The maximum absolute atomic E-state index is 10.4. The molecule has 0 amide bonds. The smallest absolute Gasteiger partial charge is 0.358 e. The van der Waals surface area contributed by atoms with Gasteiger partial charge in [-0.15, -0.1) is 11.3 Å². The van der Waals surface area contributed by atoms with E-state index >= 15 is 0 Å². The zero-order valence-corrected chi connectivity index (χ0v) is 7.11. The van der Waals surface area contributed by atoms with Gasteiger partial charge in [-0.05, 0) is 0 Å². The molecule has 13 heavy (non-hydrogen) atoms. The Hall–Kier alpha value is -1.69. The molecule has 2 aromatic heterocycles. The third-order valence-corrected chi connectivity index (χ3v) is 2.16. The van der Waals surface area contributed by atoms with Crippen LogP contribution < -0.4 is 0 Å². The van der Waals surface area contributed by atoms with Crippen LogP contribution in [-0.2, 0) is 0 Å². The molecule has 2 aromatic rings. The molecule has 0 aliphatic carbocycles. The molecule has 66 valence electrons. The first kappa shape index (κ1) is 7.93. The number of aromatic nitrogens is 2. The van der Waals surface area contributed by atoms with Gasteiger partial charge in [0.25, 0.3) is 0 Å². The van der Waals surface area contributed by atoms with Crippen molar-refractivity contribution in [2.24, 2.45) is 0 Å². The van der Waals surface area contributed by atoms with Gasteiger partial charge in [0.1, 0.15) is 0 Å². The van der Waals surface area contributed by atoms with Crippen LogP contribution in [-0.4, -0.2) is 21.2 Å². The molecule has 2 rings (SSSR count). The Kier molecular flexibility index (Phi) is 1.82. The van der Waals surface area contributed by atoms with E-state index < -0.39 is 5.97 Å². The highest BCUT2D eigenvalue weighted by Gasteiger charge is 2.13. The van der Waals surface area contributed by atoms with Gasteiger partial charge in [-0.1, -0.05) is 5.16 Å². The maximum atomic E-state index is 10.4. The average Bonchev–Trinajstić information content (AvgIpc) is 2.75. The minimum Gasteiger partial charge on any atom is -0.476 e. The van der Waals surface area contributed by atoms with Crippen LogP contribution in [0, 0.1) is 0 Å². The van der Waals surface area contributed by atoms with Crippen molar-refractivity contribution in [1.29, 1.82) is 0 Å². The highest BCUT2D eigenvalue weighted by atomic mass is 32.1. The monoisotopic (exact) mass is 196 g/mol. The molecular formula is C7H4N2O3S.